The Bertz CT molecular complexity index is 631. The quantitative estimate of drug-likeness (QED) is 0.876. The SMILES string of the molecule is Cc1nccc(-c2nc(C)c(C(C)C)c(=O)[nH]2)n1. The number of hydrogen-bond acceptors (Lipinski definition) is 4. The number of hydrogen-bond donors (Lipinski definition) is 1. The summed E-state index contributed by atoms with van der Waals surface area (Å²) in [4.78, 5) is 27.5. The van der Waals surface area contributed by atoms with E-state index in [0.29, 0.717) is 17.3 Å². The average molecular weight is 244 g/mol. The molecule has 5 nitrogen and oxygen atoms in total. The summed E-state index contributed by atoms with van der Waals surface area (Å²) in [5.74, 6) is 1.30. The largest absolute Gasteiger partial charge is 0.305 e. The zero-order valence-corrected chi connectivity index (χ0v) is 11.0. The van der Waals surface area contributed by atoms with Crippen LogP contribution in [0.1, 0.15) is 36.8 Å². The first-order chi connectivity index (χ1) is 8.49. The monoisotopic (exact) mass is 244 g/mol. The van der Waals surface area contributed by atoms with E-state index in [2.05, 4.69) is 19.9 Å². The van der Waals surface area contributed by atoms with Crippen molar-refractivity contribution in [2.45, 2.75) is 33.6 Å². The van der Waals surface area contributed by atoms with Gasteiger partial charge in [0.1, 0.15) is 11.5 Å². The minimum Gasteiger partial charge on any atom is -0.305 e. The van der Waals surface area contributed by atoms with Gasteiger partial charge in [-0.25, -0.2) is 15.0 Å². The number of aromatic amines is 1. The van der Waals surface area contributed by atoms with Crippen LogP contribution in [0.25, 0.3) is 11.5 Å². The van der Waals surface area contributed by atoms with Gasteiger partial charge in [-0.2, -0.15) is 0 Å². The lowest BCUT2D eigenvalue weighted by Gasteiger charge is -2.09. The summed E-state index contributed by atoms with van der Waals surface area (Å²) < 4.78 is 0. The number of nitrogens with zero attached hydrogens (tertiary/aromatic N) is 3. The summed E-state index contributed by atoms with van der Waals surface area (Å²) in [6.45, 7) is 7.61. The van der Waals surface area contributed by atoms with E-state index in [4.69, 9.17) is 0 Å². The molecule has 2 aromatic rings. The first-order valence-corrected chi connectivity index (χ1v) is 5.90. The first kappa shape index (κ1) is 12.4. The number of nitrogens with one attached hydrogen (secondary N) is 1. The first-order valence-electron chi connectivity index (χ1n) is 5.90. The highest BCUT2D eigenvalue weighted by Gasteiger charge is 2.13. The number of aromatic nitrogens is 4. The molecule has 0 amide bonds. The molecule has 2 heterocycles. The summed E-state index contributed by atoms with van der Waals surface area (Å²) >= 11 is 0. The van der Waals surface area contributed by atoms with E-state index in [1.165, 1.54) is 0 Å². The molecule has 2 rings (SSSR count). The van der Waals surface area contributed by atoms with Crippen LogP contribution in [-0.4, -0.2) is 19.9 Å². The van der Waals surface area contributed by atoms with Crippen LogP contribution in [0.5, 0.6) is 0 Å². The smallest absolute Gasteiger partial charge is 0.254 e. The molecule has 0 aliphatic carbocycles. The Morgan fingerprint density at radius 1 is 1.22 bits per heavy atom. The molecule has 5 heteroatoms. The number of rotatable bonds is 2. The van der Waals surface area contributed by atoms with Gasteiger partial charge in [0.25, 0.3) is 5.56 Å². The minimum atomic E-state index is -0.0937. The van der Waals surface area contributed by atoms with Crippen molar-refractivity contribution < 1.29 is 0 Å². The van der Waals surface area contributed by atoms with E-state index >= 15 is 0 Å². The molecule has 0 aliphatic heterocycles. The third-order valence-corrected chi connectivity index (χ3v) is 2.74. The Kier molecular flexibility index (Phi) is 3.23. The maximum atomic E-state index is 12.0. The molecule has 18 heavy (non-hydrogen) atoms. The standard InChI is InChI=1S/C13H16N4O/c1-7(2)11-8(3)15-12(17-13(11)18)10-5-6-14-9(4)16-10/h5-7H,1-4H3,(H,15,17,18). The second-order valence-electron chi connectivity index (χ2n) is 4.56. The molecule has 0 saturated carbocycles. The molecule has 0 unspecified atom stereocenters. The van der Waals surface area contributed by atoms with Crippen molar-refractivity contribution in [1.82, 2.24) is 19.9 Å². The van der Waals surface area contributed by atoms with Crippen molar-refractivity contribution in [3.05, 3.63) is 39.7 Å². The third kappa shape index (κ3) is 2.30. The van der Waals surface area contributed by atoms with Crippen LogP contribution < -0.4 is 5.56 Å². The van der Waals surface area contributed by atoms with Gasteiger partial charge in [0.15, 0.2) is 5.82 Å². The topological polar surface area (TPSA) is 71.5 Å². The molecule has 1 N–H and O–H groups in total. The fourth-order valence-electron chi connectivity index (χ4n) is 1.98. The van der Waals surface area contributed by atoms with E-state index in [9.17, 15) is 4.79 Å². The summed E-state index contributed by atoms with van der Waals surface area (Å²) in [6, 6.07) is 1.74. The Balaban J connectivity index is 2.59. The molecule has 0 bridgehead atoms. The van der Waals surface area contributed by atoms with Crippen molar-refractivity contribution >= 4 is 0 Å². The lowest BCUT2D eigenvalue weighted by molar-refractivity contribution is 0.813. The van der Waals surface area contributed by atoms with Crippen LogP contribution in [0.2, 0.25) is 0 Å². The molecule has 0 spiro atoms. The lowest BCUT2D eigenvalue weighted by Crippen LogP contribution is -2.18. The molecule has 0 saturated heterocycles. The van der Waals surface area contributed by atoms with Crippen LogP contribution in [-0.2, 0) is 0 Å². The van der Waals surface area contributed by atoms with E-state index in [1.807, 2.05) is 20.8 Å². The van der Waals surface area contributed by atoms with Crippen LogP contribution in [0, 0.1) is 13.8 Å². The third-order valence-electron chi connectivity index (χ3n) is 2.74. The molecule has 0 atom stereocenters. The maximum Gasteiger partial charge on any atom is 0.254 e. The Labute approximate surface area is 105 Å². The predicted molar refractivity (Wildman–Crippen MR) is 69.4 cm³/mol. The number of H-pyrrole nitrogens is 1. The van der Waals surface area contributed by atoms with Crippen LogP contribution in [0.15, 0.2) is 17.1 Å². The molecule has 94 valence electrons. The zero-order valence-electron chi connectivity index (χ0n) is 11.0. The highest BCUT2D eigenvalue weighted by molar-refractivity contribution is 5.48. The summed E-state index contributed by atoms with van der Waals surface area (Å²) in [5, 5.41) is 0. The Hall–Kier alpha value is -2.04. The van der Waals surface area contributed by atoms with Gasteiger partial charge in [-0.3, -0.25) is 4.79 Å². The van der Waals surface area contributed by atoms with Crippen molar-refractivity contribution in [2.75, 3.05) is 0 Å². The van der Waals surface area contributed by atoms with Gasteiger partial charge in [-0.1, -0.05) is 13.8 Å². The van der Waals surface area contributed by atoms with Gasteiger partial charge >= 0.3 is 0 Å². The van der Waals surface area contributed by atoms with E-state index in [1.54, 1.807) is 19.2 Å². The van der Waals surface area contributed by atoms with Gasteiger partial charge < -0.3 is 4.98 Å². The molecule has 0 fully saturated rings. The fourth-order valence-corrected chi connectivity index (χ4v) is 1.98. The van der Waals surface area contributed by atoms with Crippen LogP contribution >= 0.6 is 0 Å². The van der Waals surface area contributed by atoms with Crippen molar-refractivity contribution in [3.63, 3.8) is 0 Å². The minimum absolute atomic E-state index is 0.0937. The average Bonchev–Trinajstić information content (AvgIpc) is 2.27. The highest BCUT2D eigenvalue weighted by Crippen LogP contribution is 2.16. The predicted octanol–water partition coefficient (Wildman–Crippen LogP) is 1.97. The lowest BCUT2D eigenvalue weighted by atomic mass is 10.0. The van der Waals surface area contributed by atoms with E-state index in [0.717, 1.165) is 11.3 Å². The highest BCUT2D eigenvalue weighted by atomic mass is 16.1. The summed E-state index contributed by atoms with van der Waals surface area (Å²) in [6.07, 6.45) is 1.66. The van der Waals surface area contributed by atoms with Crippen LogP contribution in [0.4, 0.5) is 0 Å². The van der Waals surface area contributed by atoms with Crippen LogP contribution in [0.3, 0.4) is 0 Å². The fraction of sp³-hybridized carbons (Fsp3) is 0.385. The van der Waals surface area contributed by atoms with Gasteiger partial charge in [0.2, 0.25) is 0 Å². The molecule has 2 aromatic heterocycles. The van der Waals surface area contributed by atoms with Gasteiger partial charge in [-0.15, -0.1) is 0 Å². The van der Waals surface area contributed by atoms with E-state index < -0.39 is 0 Å². The zero-order chi connectivity index (χ0) is 13.3. The maximum absolute atomic E-state index is 12.0. The van der Waals surface area contributed by atoms with Gasteiger partial charge in [-0.05, 0) is 25.8 Å². The van der Waals surface area contributed by atoms with Gasteiger partial charge in [0, 0.05) is 17.5 Å². The summed E-state index contributed by atoms with van der Waals surface area (Å²) in [5.41, 5.74) is 2.02. The molecule has 0 radical (unpaired) electrons. The normalized spacial score (nSPS) is 10.9. The van der Waals surface area contributed by atoms with Crippen molar-refractivity contribution in [2.24, 2.45) is 0 Å². The Morgan fingerprint density at radius 2 is 1.94 bits per heavy atom. The second kappa shape index (κ2) is 4.68. The van der Waals surface area contributed by atoms with Gasteiger partial charge in [0.05, 0.1) is 0 Å². The summed E-state index contributed by atoms with van der Waals surface area (Å²) in [7, 11) is 0. The number of aryl methyl sites for hydroxylation is 2. The Morgan fingerprint density at radius 3 is 2.50 bits per heavy atom. The molecular weight excluding hydrogens is 228 g/mol. The van der Waals surface area contributed by atoms with Crippen molar-refractivity contribution in [3.8, 4) is 11.5 Å². The molecule has 0 aliphatic rings. The second-order valence-corrected chi connectivity index (χ2v) is 4.56. The molecular formula is C13H16N4O. The van der Waals surface area contributed by atoms with Crippen molar-refractivity contribution in [1.29, 1.82) is 0 Å². The van der Waals surface area contributed by atoms with E-state index in [-0.39, 0.29) is 11.5 Å². The molecule has 0 aromatic carbocycles.